The third kappa shape index (κ3) is 4.13. The van der Waals surface area contributed by atoms with Gasteiger partial charge in [-0.15, -0.1) is 0 Å². The first-order valence-electron chi connectivity index (χ1n) is 9.65. The van der Waals surface area contributed by atoms with Gasteiger partial charge in [-0.3, -0.25) is 0 Å². The van der Waals surface area contributed by atoms with Gasteiger partial charge in [0.1, 0.15) is 0 Å². The minimum absolute atomic E-state index is 0.0861. The number of thiocarbonyl (C=S) groups is 1. The highest BCUT2D eigenvalue weighted by atomic mass is 32.1. The van der Waals surface area contributed by atoms with Crippen LogP contribution < -0.4 is 15.5 Å². The normalized spacial score (nSPS) is 16.1. The van der Waals surface area contributed by atoms with Crippen LogP contribution in [-0.2, 0) is 0 Å². The van der Waals surface area contributed by atoms with Gasteiger partial charge in [0.05, 0.1) is 11.7 Å². The van der Waals surface area contributed by atoms with Crippen LogP contribution >= 0.6 is 24.4 Å². The molecule has 3 N–H and O–H groups in total. The fourth-order valence-electron chi connectivity index (χ4n) is 3.63. The van der Waals surface area contributed by atoms with Gasteiger partial charge < -0.3 is 20.5 Å². The summed E-state index contributed by atoms with van der Waals surface area (Å²) in [6.07, 6.45) is 0. The van der Waals surface area contributed by atoms with Gasteiger partial charge >= 0.3 is 0 Å². The Hall–Kier alpha value is -3.03. The van der Waals surface area contributed by atoms with Gasteiger partial charge in [0.15, 0.2) is 9.88 Å². The molecule has 2 heterocycles. The molecule has 0 radical (unpaired) electrons. The van der Waals surface area contributed by atoms with E-state index in [9.17, 15) is 0 Å². The SMILES string of the molecule is CC1=C(c2cc(-c3ccc(N(C)C)cc3)nc(=S)[nH]2)C(c2ccccc2)NC(=S)N1. The molecule has 2 aromatic carbocycles. The van der Waals surface area contributed by atoms with Gasteiger partial charge in [-0.1, -0.05) is 42.5 Å². The second-order valence-electron chi connectivity index (χ2n) is 7.41. The van der Waals surface area contributed by atoms with Gasteiger partial charge in [0, 0.05) is 42.3 Å². The minimum Gasteiger partial charge on any atom is -0.378 e. The molecule has 0 fully saturated rings. The molecule has 0 saturated carbocycles. The molecule has 1 atom stereocenters. The van der Waals surface area contributed by atoms with Gasteiger partial charge in [-0.05, 0) is 55.1 Å². The Bertz CT molecular complexity index is 1160. The smallest absolute Gasteiger partial charge is 0.197 e. The summed E-state index contributed by atoms with van der Waals surface area (Å²) in [5.74, 6) is 0. The van der Waals surface area contributed by atoms with E-state index in [4.69, 9.17) is 24.4 Å². The third-order valence-corrected chi connectivity index (χ3v) is 5.53. The molecule has 152 valence electrons. The lowest BCUT2D eigenvalue weighted by Crippen LogP contribution is -2.42. The lowest BCUT2D eigenvalue weighted by molar-refractivity contribution is 0.755. The molecule has 1 aliphatic rings. The van der Waals surface area contributed by atoms with Crippen LogP contribution in [0.4, 0.5) is 5.69 Å². The molecular weight excluding hydrogens is 410 g/mol. The largest absolute Gasteiger partial charge is 0.378 e. The zero-order valence-corrected chi connectivity index (χ0v) is 18.7. The monoisotopic (exact) mass is 433 g/mol. The van der Waals surface area contributed by atoms with Crippen molar-refractivity contribution in [1.29, 1.82) is 0 Å². The number of benzene rings is 2. The average Bonchev–Trinajstić information content (AvgIpc) is 2.73. The summed E-state index contributed by atoms with van der Waals surface area (Å²) in [5, 5.41) is 7.25. The van der Waals surface area contributed by atoms with E-state index in [-0.39, 0.29) is 6.04 Å². The van der Waals surface area contributed by atoms with Crippen LogP contribution in [0.15, 0.2) is 66.4 Å². The first-order chi connectivity index (χ1) is 14.4. The van der Waals surface area contributed by atoms with Crippen molar-refractivity contribution in [3.63, 3.8) is 0 Å². The van der Waals surface area contributed by atoms with Gasteiger partial charge in [-0.25, -0.2) is 4.98 Å². The molecule has 30 heavy (non-hydrogen) atoms. The number of aromatic amines is 1. The number of allylic oxidation sites excluding steroid dienone is 1. The molecular formula is C23H23N5S2. The van der Waals surface area contributed by atoms with Crippen LogP contribution in [0.5, 0.6) is 0 Å². The van der Waals surface area contributed by atoms with E-state index in [1.165, 1.54) is 0 Å². The van der Waals surface area contributed by atoms with Crippen molar-refractivity contribution < 1.29 is 0 Å². The maximum Gasteiger partial charge on any atom is 0.197 e. The lowest BCUT2D eigenvalue weighted by atomic mass is 9.92. The number of nitrogens with one attached hydrogen (secondary N) is 3. The molecule has 1 aromatic heterocycles. The predicted octanol–water partition coefficient (Wildman–Crippen LogP) is 4.82. The Morgan fingerprint density at radius 1 is 0.967 bits per heavy atom. The van der Waals surface area contributed by atoms with Crippen molar-refractivity contribution in [2.45, 2.75) is 13.0 Å². The van der Waals surface area contributed by atoms with Gasteiger partial charge in [0.2, 0.25) is 0 Å². The molecule has 1 aliphatic heterocycles. The highest BCUT2D eigenvalue weighted by Crippen LogP contribution is 2.34. The summed E-state index contributed by atoms with van der Waals surface area (Å²) in [4.78, 5) is 9.91. The van der Waals surface area contributed by atoms with E-state index < -0.39 is 0 Å². The van der Waals surface area contributed by atoms with Crippen LogP contribution in [0, 0.1) is 4.77 Å². The number of anilines is 1. The molecule has 5 nitrogen and oxygen atoms in total. The number of hydrogen-bond acceptors (Lipinski definition) is 4. The maximum absolute atomic E-state index is 5.48. The van der Waals surface area contributed by atoms with Crippen LogP contribution in [0.3, 0.4) is 0 Å². The summed E-state index contributed by atoms with van der Waals surface area (Å²) in [7, 11) is 4.05. The summed E-state index contributed by atoms with van der Waals surface area (Å²) in [6.45, 7) is 2.03. The second kappa shape index (κ2) is 8.38. The molecule has 0 bridgehead atoms. The van der Waals surface area contributed by atoms with Crippen LogP contribution in [0.1, 0.15) is 24.2 Å². The standard InChI is InChI=1S/C23H23N5S2/c1-14-20(21(27-22(29)24-14)16-7-5-4-6-8-16)19-13-18(25-23(30)26-19)15-9-11-17(12-10-15)28(2)3/h4-13,21H,1-3H3,(H2,24,27,29)(H,25,26,30). The van der Waals surface area contributed by atoms with Crippen LogP contribution in [0.2, 0.25) is 0 Å². The summed E-state index contributed by atoms with van der Waals surface area (Å²) in [6, 6.07) is 20.5. The van der Waals surface area contributed by atoms with Crippen molar-refractivity contribution in [3.8, 4) is 11.3 Å². The van der Waals surface area contributed by atoms with E-state index in [1.54, 1.807) is 0 Å². The quantitative estimate of drug-likeness (QED) is 0.513. The fourth-order valence-corrected chi connectivity index (χ4v) is 4.11. The molecule has 1 unspecified atom stereocenters. The molecule has 0 saturated heterocycles. The minimum atomic E-state index is -0.0861. The second-order valence-corrected chi connectivity index (χ2v) is 8.20. The average molecular weight is 434 g/mol. The lowest BCUT2D eigenvalue weighted by Gasteiger charge is -2.31. The molecule has 4 rings (SSSR count). The molecule has 3 aromatic rings. The van der Waals surface area contributed by atoms with E-state index in [1.807, 2.05) is 45.3 Å². The Morgan fingerprint density at radius 3 is 2.33 bits per heavy atom. The van der Waals surface area contributed by atoms with Crippen molar-refractivity contribution >= 4 is 40.8 Å². The molecule has 7 heteroatoms. The topological polar surface area (TPSA) is 56.0 Å². The van der Waals surface area contributed by atoms with E-state index in [0.717, 1.165) is 39.5 Å². The maximum atomic E-state index is 5.48. The Balaban J connectivity index is 1.81. The van der Waals surface area contributed by atoms with E-state index >= 15 is 0 Å². The number of aromatic nitrogens is 2. The number of hydrogen-bond donors (Lipinski definition) is 3. The van der Waals surface area contributed by atoms with Crippen molar-refractivity contribution in [1.82, 2.24) is 20.6 Å². The van der Waals surface area contributed by atoms with Crippen molar-refractivity contribution in [2.24, 2.45) is 0 Å². The molecule has 0 spiro atoms. The van der Waals surface area contributed by atoms with E-state index in [2.05, 4.69) is 61.9 Å². The van der Waals surface area contributed by atoms with Gasteiger partial charge in [0.25, 0.3) is 0 Å². The number of H-pyrrole nitrogens is 1. The van der Waals surface area contributed by atoms with Crippen molar-refractivity contribution in [2.75, 3.05) is 19.0 Å². The Morgan fingerprint density at radius 2 is 1.67 bits per heavy atom. The summed E-state index contributed by atoms with van der Waals surface area (Å²) < 4.78 is 0.444. The van der Waals surface area contributed by atoms with E-state index in [0.29, 0.717) is 9.88 Å². The highest BCUT2D eigenvalue weighted by molar-refractivity contribution is 7.80. The highest BCUT2D eigenvalue weighted by Gasteiger charge is 2.26. The summed E-state index contributed by atoms with van der Waals surface area (Å²) in [5.41, 5.74) is 7.08. The predicted molar refractivity (Wildman–Crippen MR) is 130 cm³/mol. The van der Waals surface area contributed by atoms with Crippen molar-refractivity contribution in [3.05, 3.63) is 82.4 Å². The number of nitrogens with zero attached hydrogens (tertiary/aromatic N) is 2. The van der Waals surface area contributed by atoms with Crippen LogP contribution in [-0.4, -0.2) is 29.2 Å². The molecule has 0 amide bonds. The Kier molecular flexibility index (Phi) is 5.65. The van der Waals surface area contributed by atoms with Gasteiger partial charge in [-0.2, -0.15) is 0 Å². The molecule has 0 aliphatic carbocycles. The zero-order valence-electron chi connectivity index (χ0n) is 17.1. The first-order valence-corrected chi connectivity index (χ1v) is 10.5. The zero-order chi connectivity index (χ0) is 21.3. The fraction of sp³-hybridized carbons (Fsp3) is 0.174. The number of rotatable bonds is 4. The van der Waals surface area contributed by atoms with Crippen LogP contribution in [0.25, 0.3) is 16.8 Å². The first kappa shape index (κ1) is 20.3. The Labute approximate surface area is 186 Å². The summed E-state index contributed by atoms with van der Waals surface area (Å²) >= 11 is 10.9. The third-order valence-electron chi connectivity index (χ3n) is 5.12.